The van der Waals surface area contributed by atoms with Gasteiger partial charge in [0.25, 0.3) is 0 Å². The molecular weight excluding hydrogens is 295 g/mol. The summed E-state index contributed by atoms with van der Waals surface area (Å²) in [7, 11) is 0. The van der Waals surface area contributed by atoms with E-state index in [-0.39, 0.29) is 23.4 Å². The van der Waals surface area contributed by atoms with Crippen LogP contribution >= 0.6 is 11.8 Å². The van der Waals surface area contributed by atoms with Gasteiger partial charge in [-0.2, -0.15) is 0 Å². The number of benzene rings is 1. The van der Waals surface area contributed by atoms with Gasteiger partial charge in [-0.3, -0.25) is 10.1 Å². The van der Waals surface area contributed by atoms with E-state index in [1.807, 2.05) is 0 Å². The van der Waals surface area contributed by atoms with Crippen LogP contribution in [0.1, 0.15) is 24.7 Å². The predicted molar refractivity (Wildman–Crippen MR) is 76.4 cm³/mol. The maximum atomic E-state index is 13.3. The van der Waals surface area contributed by atoms with Crippen molar-refractivity contribution in [3.8, 4) is 0 Å². The molecule has 0 radical (unpaired) electrons. The lowest BCUT2D eigenvalue weighted by molar-refractivity contribution is -0.113. The van der Waals surface area contributed by atoms with Crippen LogP contribution in [0.25, 0.3) is 0 Å². The zero-order chi connectivity index (χ0) is 14.8. The van der Waals surface area contributed by atoms with Gasteiger partial charge in [0.2, 0.25) is 11.8 Å². The summed E-state index contributed by atoms with van der Waals surface area (Å²) in [5, 5.41) is 10.2. The number of nitrogen functional groups attached to an aromatic ring is 1. The van der Waals surface area contributed by atoms with E-state index in [0.717, 1.165) is 12.8 Å². The standard InChI is InChI=1S/C13H13FN4O2S/c14-9-5-8(3-4-10(9)15)21-6-11(19)16-13-18-17-12(20-13)7-1-2-7/h3-5,7H,1-2,6,15H2,(H,16,18,19). The molecule has 3 rings (SSSR count). The first-order valence-corrected chi connectivity index (χ1v) is 7.41. The van der Waals surface area contributed by atoms with Gasteiger partial charge in [0, 0.05) is 10.8 Å². The molecule has 2 aromatic rings. The summed E-state index contributed by atoms with van der Waals surface area (Å²) < 4.78 is 18.6. The Morgan fingerprint density at radius 2 is 2.29 bits per heavy atom. The summed E-state index contributed by atoms with van der Waals surface area (Å²) in [6.07, 6.45) is 2.10. The third-order valence-corrected chi connectivity index (χ3v) is 3.95. The van der Waals surface area contributed by atoms with Crippen molar-refractivity contribution in [2.75, 3.05) is 16.8 Å². The number of halogens is 1. The van der Waals surface area contributed by atoms with E-state index in [0.29, 0.717) is 16.7 Å². The van der Waals surface area contributed by atoms with Crippen molar-refractivity contribution in [2.24, 2.45) is 0 Å². The van der Waals surface area contributed by atoms with Crippen molar-refractivity contribution in [3.05, 3.63) is 29.9 Å². The maximum absolute atomic E-state index is 13.3. The molecular formula is C13H13FN4O2S. The van der Waals surface area contributed by atoms with Gasteiger partial charge in [-0.15, -0.1) is 16.9 Å². The summed E-state index contributed by atoms with van der Waals surface area (Å²) in [6.45, 7) is 0. The largest absolute Gasteiger partial charge is 0.408 e. The molecule has 1 saturated carbocycles. The number of thioether (sulfide) groups is 1. The molecule has 1 aromatic carbocycles. The first-order chi connectivity index (χ1) is 10.1. The first-order valence-electron chi connectivity index (χ1n) is 6.43. The van der Waals surface area contributed by atoms with Gasteiger partial charge in [0.1, 0.15) is 5.82 Å². The van der Waals surface area contributed by atoms with E-state index in [1.165, 1.54) is 23.9 Å². The molecule has 0 saturated heterocycles. The second-order valence-corrected chi connectivity index (χ2v) is 5.79. The highest BCUT2D eigenvalue weighted by molar-refractivity contribution is 8.00. The molecule has 0 aliphatic heterocycles. The van der Waals surface area contributed by atoms with Gasteiger partial charge in [0.15, 0.2) is 0 Å². The molecule has 1 fully saturated rings. The Morgan fingerprint density at radius 1 is 1.48 bits per heavy atom. The minimum Gasteiger partial charge on any atom is -0.408 e. The van der Waals surface area contributed by atoms with Gasteiger partial charge in [-0.1, -0.05) is 5.10 Å². The van der Waals surface area contributed by atoms with Crippen LogP contribution in [0.5, 0.6) is 0 Å². The summed E-state index contributed by atoms with van der Waals surface area (Å²) in [6, 6.07) is 4.53. The minimum absolute atomic E-state index is 0.0854. The number of carbonyl (C=O) groups is 1. The molecule has 1 amide bonds. The van der Waals surface area contributed by atoms with Crippen molar-refractivity contribution < 1.29 is 13.6 Å². The molecule has 1 heterocycles. The SMILES string of the molecule is Nc1ccc(SCC(=O)Nc2nnc(C3CC3)o2)cc1F. The lowest BCUT2D eigenvalue weighted by Crippen LogP contribution is -2.14. The van der Waals surface area contributed by atoms with Gasteiger partial charge >= 0.3 is 6.01 Å². The number of rotatable bonds is 5. The number of carbonyl (C=O) groups excluding carboxylic acids is 1. The zero-order valence-electron chi connectivity index (χ0n) is 11.0. The highest BCUT2D eigenvalue weighted by Crippen LogP contribution is 2.39. The van der Waals surface area contributed by atoms with Gasteiger partial charge < -0.3 is 10.2 Å². The molecule has 1 aliphatic carbocycles. The summed E-state index contributed by atoms with van der Waals surface area (Å²) >= 11 is 1.20. The van der Waals surface area contributed by atoms with Crippen molar-refractivity contribution in [1.82, 2.24) is 10.2 Å². The summed E-state index contributed by atoms with van der Waals surface area (Å²) in [5.41, 5.74) is 5.47. The Kier molecular flexibility index (Phi) is 3.78. The van der Waals surface area contributed by atoms with Crippen LogP contribution in [0, 0.1) is 5.82 Å². The third-order valence-electron chi connectivity index (χ3n) is 2.96. The number of nitrogens with one attached hydrogen (secondary N) is 1. The highest BCUT2D eigenvalue weighted by atomic mass is 32.2. The van der Waals surface area contributed by atoms with E-state index < -0.39 is 5.82 Å². The summed E-state index contributed by atoms with van der Waals surface area (Å²) in [4.78, 5) is 12.4. The molecule has 8 heteroatoms. The van der Waals surface area contributed by atoms with Crippen LogP contribution in [-0.4, -0.2) is 21.9 Å². The number of nitrogens with zero attached hydrogens (tertiary/aromatic N) is 2. The van der Waals surface area contributed by atoms with E-state index in [2.05, 4.69) is 15.5 Å². The Balaban J connectivity index is 1.52. The third kappa shape index (κ3) is 3.52. The molecule has 6 nitrogen and oxygen atoms in total. The Labute approximate surface area is 124 Å². The Morgan fingerprint density at radius 3 is 3.00 bits per heavy atom. The fourth-order valence-corrected chi connectivity index (χ4v) is 2.40. The number of amides is 1. The van der Waals surface area contributed by atoms with Crippen molar-refractivity contribution in [3.63, 3.8) is 0 Å². The number of hydrogen-bond donors (Lipinski definition) is 2. The lowest BCUT2D eigenvalue weighted by Gasteiger charge is -2.03. The molecule has 21 heavy (non-hydrogen) atoms. The molecule has 110 valence electrons. The van der Waals surface area contributed by atoms with Crippen molar-refractivity contribution in [1.29, 1.82) is 0 Å². The zero-order valence-corrected chi connectivity index (χ0v) is 11.8. The van der Waals surface area contributed by atoms with E-state index in [1.54, 1.807) is 6.07 Å². The number of nitrogens with two attached hydrogens (primary N) is 1. The molecule has 0 bridgehead atoms. The fourth-order valence-electron chi connectivity index (χ4n) is 1.68. The molecule has 0 atom stereocenters. The average Bonchev–Trinajstić information content (AvgIpc) is 3.21. The van der Waals surface area contributed by atoms with Crippen LogP contribution in [0.3, 0.4) is 0 Å². The number of aromatic nitrogens is 2. The number of anilines is 2. The quantitative estimate of drug-likeness (QED) is 0.650. The van der Waals surface area contributed by atoms with Gasteiger partial charge in [-0.25, -0.2) is 4.39 Å². The fraction of sp³-hybridized carbons (Fsp3) is 0.308. The van der Waals surface area contributed by atoms with Crippen LogP contribution in [0.2, 0.25) is 0 Å². The van der Waals surface area contributed by atoms with Crippen molar-refractivity contribution in [2.45, 2.75) is 23.7 Å². The minimum atomic E-state index is -0.494. The smallest absolute Gasteiger partial charge is 0.322 e. The Hall–Kier alpha value is -2.09. The van der Waals surface area contributed by atoms with Crippen LogP contribution in [0.15, 0.2) is 27.5 Å². The van der Waals surface area contributed by atoms with Crippen LogP contribution in [-0.2, 0) is 4.79 Å². The number of hydrogen-bond acceptors (Lipinski definition) is 6. The highest BCUT2D eigenvalue weighted by Gasteiger charge is 2.29. The molecule has 3 N–H and O–H groups in total. The van der Waals surface area contributed by atoms with Gasteiger partial charge in [0.05, 0.1) is 11.4 Å². The van der Waals surface area contributed by atoms with Crippen LogP contribution in [0.4, 0.5) is 16.1 Å². The topological polar surface area (TPSA) is 94.0 Å². The van der Waals surface area contributed by atoms with Crippen molar-refractivity contribution >= 4 is 29.4 Å². The van der Waals surface area contributed by atoms with Gasteiger partial charge in [-0.05, 0) is 31.0 Å². The first kappa shape index (κ1) is 13.9. The second-order valence-electron chi connectivity index (χ2n) is 4.74. The average molecular weight is 308 g/mol. The maximum Gasteiger partial charge on any atom is 0.322 e. The Bertz CT molecular complexity index is 672. The van der Waals surface area contributed by atoms with E-state index >= 15 is 0 Å². The monoisotopic (exact) mass is 308 g/mol. The lowest BCUT2D eigenvalue weighted by atomic mass is 10.3. The normalized spacial score (nSPS) is 14.1. The second kappa shape index (κ2) is 5.72. The van der Waals surface area contributed by atoms with Crippen LogP contribution < -0.4 is 11.1 Å². The molecule has 0 spiro atoms. The molecule has 0 unspecified atom stereocenters. The van der Waals surface area contributed by atoms with E-state index in [9.17, 15) is 9.18 Å². The molecule has 1 aromatic heterocycles. The summed E-state index contributed by atoms with van der Waals surface area (Å²) in [5.74, 6) is 0.244. The molecule has 1 aliphatic rings. The predicted octanol–water partition coefficient (Wildman–Crippen LogP) is 2.40. The van der Waals surface area contributed by atoms with E-state index in [4.69, 9.17) is 10.2 Å².